The number of nitro benzene ring substituents is 1. The first kappa shape index (κ1) is 13.0. The largest absolute Gasteiger partial charge is 0.447 e. The van der Waals surface area contributed by atoms with Crippen molar-refractivity contribution in [1.29, 1.82) is 0 Å². The van der Waals surface area contributed by atoms with Gasteiger partial charge in [0.2, 0.25) is 0 Å². The highest BCUT2D eigenvalue weighted by atomic mass is 16.6. The average molecular weight is 238 g/mol. The first-order chi connectivity index (χ1) is 7.90. The summed E-state index contributed by atoms with van der Waals surface area (Å²) in [4.78, 5) is 21.6. The van der Waals surface area contributed by atoms with Crippen molar-refractivity contribution < 1.29 is 14.5 Å². The van der Waals surface area contributed by atoms with Gasteiger partial charge in [-0.25, -0.2) is 4.79 Å². The summed E-state index contributed by atoms with van der Waals surface area (Å²) in [7, 11) is 0. The van der Waals surface area contributed by atoms with Gasteiger partial charge in [-0.1, -0.05) is 6.07 Å². The molecule has 1 rings (SSSR count). The highest BCUT2D eigenvalue weighted by Crippen LogP contribution is 2.25. The van der Waals surface area contributed by atoms with E-state index in [9.17, 15) is 14.9 Å². The highest BCUT2D eigenvalue weighted by Gasteiger charge is 2.16. The van der Waals surface area contributed by atoms with Crippen LogP contribution in [0.3, 0.4) is 0 Å². The van der Waals surface area contributed by atoms with Crippen LogP contribution in [0.2, 0.25) is 0 Å². The van der Waals surface area contributed by atoms with Gasteiger partial charge in [-0.3, -0.25) is 15.4 Å². The van der Waals surface area contributed by atoms with Crippen molar-refractivity contribution in [1.82, 2.24) is 0 Å². The smallest absolute Gasteiger partial charge is 0.412 e. The number of nitrogens with one attached hydrogen (secondary N) is 1. The molecule has 0 bridgehead atoms. The van der Waals surface area contributed by atoms with Crippen LogP contribution in [0.4, 0.5) is 16.2 Å². The molecule has 1 N–H and O–H groups in total. The number of carbonyl (C=O) groups excluding carboxylic acids is 1. The zero-order valence-corrected chi connectivity index (χ0v) is 9.89. The molecule has 92 valence electrons. The van der Waals surface area contributed by atoms with Crippen molar-refractivity contribution in [3.63, 3.8) is 0 Å². The number of aryl methyl sites for hydroxylation is 1. The highest BCUT2D eigenvalue weighted by molar-refractivity contribution is 5.88. The van der Waals surface area contributed by atoms with Crippen molar-refractivity contribution in [3.8, 4) is 0 Å². The summed E-state index contributed by atoms with van der Waals surface area (Å²) in [5.74, 6) is 0. The summed E-state index contributed by atoms with van der Waals surface area (Å²) in [6.45, 7) is 5.13. The number of hydrogen-bond acceptors (Lipinski definition) is 4. The fraction of sp³-hybridized carbons (Fsp3) is 0.364. The zero-order valence-electron chi connectivity index (χ0n) is 9.89. The lowest BCUT2D eigenvalue weighted by molar-refractivity contribution is -0.384. The maximum Gasteiger partial charge on any atom is 0.412 e. The molecule has 1 aromatic rings. The van der Waals surface area contributed by atoms with E-state index in [4.69, 9.17) is 4.74 Å². The Morgan fingerprint density at radius 2 is 2.12 bits per heavy atom. The molecule has 1 aromatic carbocycles. The second-order valence-electron chi connectivity index (χ2n) is 3.86. The Morgan fingerprint density at radius 1 is 1.47 bits per heavy atom. The molecule has 0 saturated heterocycles. The second kappa shape index (κ2) is 5.29. The Hall–Kier alpha value is -2.11. The summed E-state index contributed by atoms with van der Waals surface area (Å²) in [5, 5.41) is 13.1. The third-order valence-corrected chi connectivity index (χ3v) is 1.93. The van der Waals surface area contributed by atoms with Gasteiger partial charge >= 0.3 is 6.09 Å². The van der Waals surface area contributed by atoms with Gasteiger partial charge in [0, 0.05) is 6.07 Å². The van der Waals surface area contributed by atoms with Gasteiger partial charge in [0.1, 0.15) is 5.69 Å². The number of ether oxygens (including phenoxy) is 1. The van der Waals surface area contributed by atoms with E-state index in [2.05, 4.69) is 5.32 Å². The van der Waals surface area contributed by atoms with Crippen LogP contribution < -0.4 is 5.32 Å². The Morgan fingerprint density at radius 3 is 2.65 bits per heavy atom. The normalized spacial score (nSPS) is 10.1. The molecule has 0 aliphatic rings. The van der Waals surface area contributed by atoms with Gasteiger partial charge in [-0.15, -0.1) is 0 Å². The molecule has 0 aliphatic heterocycles. The van der Waals surface area contributed by atoms with Gasteiger partial charge in [-0.05, 0) is 32.4 Å². The van der Waals surface area contributed by atoms with E-state index in [0.29, 0.717) is 0 Å². The van der Waals surface area contributed by atoms with E-state index in [0.717, 1.165) is 5.56 Å². The maximum absolute atomic E-state index is 11.3. The van der Waals surface area contributed by atoms with Crippen LogP contribution in [0.5, 0.6) is 0 Å². The molecule has 0 saturated carbocycles. The van der Waals surface area contributed by atoms with E-state index in [1.807, 2.05) is 0 Å². The third-order valence-electron chi connectivity index (χ3n) is 1.93. The number of nitro groups is 1. The number of amides is 1. The first-order valence-electron chi connectivity index (χ1n) is 5.13. The molecule has 0 fully saturated rings. The predicted molar refractivity (Wildman–Crippen MR) is 63.1 cm³/mol. The monoisotopic (exact) mass is 238 g/mol. The Kier molecular flexibility index (Phi) is 4.03. The molecular weight excluding hydrogens is 224 g/mol. The molecule has 0 spiro atoms. The van der Waals surface area contributed by atoms with E-state index in [-0.39, 0.29) is 17.5 Å². The minimum atomic E-state index is -0.702. The lowest BCUT2D eigenvalue weighted by atomic mass is 10.2. The Bertz CT molecular complexity index is 443. The molecular formula is C11H14N2O4. The van der Waals surface area contributed by atoms with Crippen LogP contribution in [0, 0.1) is 17.0 Å². The minimum Gasteiger partial charge on any atom is -0.447 e. The molecule has 0 atom stereocenters. The number of carbonyl (C=O) groups is 1. The van der Waals surface area contributed by atoms with Crippen LogP contribution in [-0.4, -0.2) is 17.1 Å². The molecule has 1 amide bonds. The molecule has 0 aromatic heterocycles. The van der Waals surface area contributed by atoms with Gasteiger partial charge in [-0.2, -0.15) is 0 Å². The summed E-state index contributed by atoms with van der Waals surface area (Å²) in [5.41, 5.74) is 0.733. The topological polar surface area (TPSA) is 81.5 Å². The SMILES string of the molecule is Cc1ccc(NC(=O)OC(C)C)c([N+](=O)[O-])c1. The molecule has 6 nitrogen and oxygen atoms in total. The van der Waals surface area contributed by atoms with E-state index in [1.165, 1.54) is 12.1 Å². The van der Waals surface area contributed by atoms with Gasteiger partial charge in [0.25, 0.3) is 5.69 Å². The molecule has 0 radical (unpaired) electrons. The Balaban J connectivity index is 2.91. The van der Waals surface area contributed by atoms with Crippen LogP contribution >= 0.6 is 0 Å². The zero-order chi connectivity index (χ0) is 13.0. The summed E-state index contributed by atoms with van der Waals surface area (Å²) in [6, 6.07) is 4.55. The first-order valence-corrected chi connectivity index (χ1v) is 5.13. The summed E-state index contributed by atoms with van der Waals surface area (Å²) in [6.07, 6.45) is -0.980. The number of anilines is 1. The summed E-state index contributed by atoms with van der Waals surface area (Å²) < 4.78 is 4.85. The number of rotatable bonds is 3. The van der Waals surface area contributed by atoms with Crippen LogP contribution in [0.25, 0.3) is 0 Å². The Labute approximate surface area is 98.7 Å². The standard InChI is InChI=1S/C11H14N2O4/c1-7(2)17-11(14)12-9-5-4-8(3)6-10(9)13(15)16/h4-7H,1-3H3,(H,12,14). The average Bonchev–Trinajstić information content (AvgIpc) is 2.19. The maximum atomic E-state index is 11.3. The molecule has 0 heterocycles. The van der Waals surface area contributed by atoms with Crippen LogP contribution in [-0.2, 0) is 4.74 Å². The van der Waals surface area contributed by atoms with Crippen molar-refractivity contribution in [2.75, 3.05) is 5.32 Å². The molecule has 0 aliphatic carbocycles. The van der Waals surface area contributed by atoms with Gasteiger partial charge < -0.3 is 4.74 Å². The fourth-order valence-corrected chi connectivity index (χ4v) is 1.25. The van der Waals surface area contributed by atoms with E-state index in [1.54, 1.807) is 26.8 Å². The number of hydrogen-bond donors (Lipinski definition) is 1. The lowest BCUT2D eigenvalue weighted by Gasteiger charge is -2.09. The lowest BCUT2D eigenvalue weighted by Crippen LogP contribution is -2.18. The van der Waals surface area contributed by atoms with Crippen molar-refractivity contribution in [2.24, 2.45) is 0 Å². The molecule has 6 heteroatoms. The van der Waals surface area contributed by atoms with E-state index >= 15 is 0 Å². The van der Waals surface area contributed by atoms with Crippen molar-refractivity contribution in [2.45, 2.75) is 26.9 Å². The van der Waals surface area contributed by atoms with Gasteiger partial charge in [0.15, 0.2) is 0 Å². The summed E-state index contributed by atoms with van der Waals surface area (Å²) >= 11 is 0. The van der Waals surface area contributed by atoms with Crippen LogP contribution in [0.1, 0.15) is 19.4 Å². The minimum absolute atomic E-state index is 0.131. The number of nitrogens with zero attached hydrogens (tertiary/aromatic N) is 1. The van der Waals surface area contributed by atoms with Crippen molar-refractivity contribution in [3.05, 3.63) is 33.9 Å². The van der Waals surface area contributed by atoms with E-state index < -0.39 is 11.0 Å². The number of benzene rings is 1. The predicted octanol–water partition coefficient (Wildman–Crippen LogP) is 2.86. The van der Waals surface area contributed by atoms with Crippen molar-refractivity contribution >= 4 is 17.5 Å². The quantitative estimate of drug-likeness (QED) is 0.648. The van der Waals surface area contributed by atoms with Gasteiger partial charge in [0.05, 0.1) is 11.0 Å². The second-order valence-corrected chi connectivity index (χ2v) is 3.86. The molecule has 0 unspecified atom stereocenters. The molecule has 17 heavy (non-hydrogen) atoms. The van der Waals surface area contributed by atoms with Crippen LogP contribution in [0.15, 0.2) is 18.2 Å². The fourth-order valence-electron chi connectivity index (χ4n) is 1.25. The third kappa shape index (κ3) is 3.75.